The quantitative estimate of drug-likeness (QED) is 0.0200. The summed E-state index contributed by atoms with van der Waals surface area (Å²) in [5.41, 5.74) is 24.7. The van der Waals surface area contributed by atoms with Crippen molar-refractivity contribution in [3.05, 3.63) is 448 Å². The third-order valence-electron chi connectivity index (χ3n) is 22.1. The molecule has 754 valence electrons. The number of nitrogens with zero attached hydrogens (tertiary/aromatic N) is 14. The summed E-state index contributed by atoms with van der Waals surface area (Å²) < 4.78 is 48.7. The summed E-state index contributed by atoms with van der Waals surface area (Å²) >= 11 is 0. The van der Waals surface area contributed by atoms with Gasteiger partial charge in [0.1, 0.15) is 109 Å². The molecule has 4 aliphatic heterocycles. The maximum absolute atomic E-state index is 12.9. The van der Waals surface area contributed by atoms with Crippen molar-refractivity contribution in [1.82, 2.24) is 38.7 Å². The molecule has 4 aliphatic rings. The van der Waals surface area contributed by atoms with Gasteiger partial charge in [0, 0.05) is 33.9 Å². The smallest absolute Gasteiger partial charge is 0.850 e. The number of nitriles is 1. The third kappa shape index (κ3) is 32.7. The summed E-state index contributed by atoms with van der Waals surface area (Å²) in [5.74, 6) is 6.39. The van der Waals surface area contributed by atoms with Crippen LogP contribution >= 0.6 is 0 Å². The predicted molar refractivity (Wildman–Crippen MR) is 566 cm³/mol. The van der Waals surface area contributed by atoms with E-state index in [1.54, 1.807) is 56.2 Å². The maximum Gasteiger partial charge on any atom is 1.00 e. The Morgan fingerprint density at radius 2 is 0.793 bits per heavy atom. The molecule has 32 nitrogen and oxygen atoms in total. The number of fused-ring (bicyclic) bond motifs is 4. The Morgan fingerprint density at radius 1 is 0.453 bits per heavy atom. The van der Waals surface area contributed by atoms with E-state index in [4.69, 9.17) is 86.0 Å². The van der Waals surface area contributed by atoms with Crippen molar-refractivity contribution in [2.45, 2.75) is 111 Å². The Balaban J connectivity index is 0.000000166. The van der Waals surface area contributed by atoms with Gasteiger partial charge in [-0.25, -0.2) is 47.1 Å². The number of ether oxygens (including phenoxy) is 8. The summed E-state index contributed by atoms with van der Waals surface area (Å²) in [5, 5.41) is 30.0. The Hall–Kier alpha value is -18.2. The van der Waals surface area contributed by atoms with Gasteiger partial charge in [0.05, 0.1) is 81.0 Å². The molecule has 0 radical (unpaired) electrons. The number of likely N-dealkylation sites (tertiary alicyclic amines) is 1. The number of aromatic nitrogens is 4. The van der Waals surface area contributed by atoms with Crippen LogP contribution in [-0.4, -0.2) is 131 Å². The van der Waals surface area contributed by atoms with Gasteiger partial charge >= 0.3 is 53.9 Å². The molecule has 7 heterocycles. The van der Waals surface area contributed by atoms with Crippen LogP contribution < -0.4 is 75.3 Å². The molecule has 0 spiro atoms. The van der Waals surface area contributed by atoms with Crippen molar-refractivity contribution in [2.75, 3.05) is 61.1 Å². The first kappa shape index (κ1) is 111. The molecular weight excluding hydrogens is 1910 g/mol. The number of ketones is 1. The molecule has 1 fully saturated rings. The largest absolute Gasteiger partial charge is 1.00 e. The predicted octanol–water partition coefficient (Wildman–Crippen LogP) is 20.3. The van der Waals surface area contributed by atoms with Crippen molar-refractivity contribution in [3.63, 3.8) is 0 Å². The number of para-hydroxylation sites is 4. The number of amides is 4. The zero-order valence-corrected chi connectivity index (χ0v) is 86.0. The Kier molecular flexibility index (Phi) is 40.3. The molecule has 6 N–H and O–H groups in total. The molecule has 0 aliphatic carbocycles. The van der Waals surface area contributed by atoms with Crippen molar-refractivity contribution in [1.29, 1.82) is 5.26 Å². The molecule has 0 bridgehead atoms. The number of benzene rings is 12. The fraction of sp³-hybridized carbons (Fsp3) is 0.197. The minimum atomic E-state index is -0.750. The summed E-state index contributed by atoms with van der Waals surface area (Å²) in [6, 6.07) is 107. The monoisotopic (exact) mass is 2020 g/mol. The Bertz CT molecular complexity index is 7220. The number of hydrogen-bond acceptors (Lipinski definition) is 22. The molecule has 0 saturated carbocycles. The molecule has 1 saturated heterocycles. The third-order valence-corrected chi connectivity index (χ3v) is 22.1. The number of carbonyl (C=O) groups excluding carboxylic acids is 5. The number of nitrogen functional groups attached to an aromatic ring is 2. The molecule has 150 heavy (non-hydrogen) atoms. The first-order valence-corrected chi connectivity index (χ1v) is 47.4. The average Bonchev–Trinajstić information content (AvgIpc) is 1.58. The number of rotatable bonds is 23. The van der Waals surface area contributed by atoms with Gasteiger partial charge in [-0.05, 0) is 189 Å². The number of nitrogens with one attached hydrogen (secondary N) is 1. The minimum absolute atomic E-state index is 0. The van der Waals surface area contributed by atoms with E-state index in [9.17, 15) is 29.1 Å². The fourth-order valence-electron chi connectivity index (χ4n) is 15.3. The van der Waals surface area contributed by atoms with Crippen molar-refractivity contribution >= 4 is 69.9 Å². The van der Waals surface area contributed by atoms with E-state index < -0.39 is 35.5 Å². The second kappa shape index (κ2) is 54.7. The molecule has 33 heteroatoms. The van der Waals surface area contributed by atoms with E-state index in [1.807, 2.05) is 355 Å². The van der Waals surface area contributed by atoms with E-state index in [-0.39, 0.29) is 101 Å². The topological polar surface area (TPSA) is 360 Å². The first-order valence-electron chi connectivity index (χ1n) is 47.4. The number of carbonyl (C=O) groups is 5. The molecule has 15 aromatic rings. The zero-order chi connectivity index (χ0) is 106. The molecular formula is C117H110N17NaO15. The van der Waals surface area contributed by atoms with Crippen LogP contribution in [0.4, 0.5) is 47.9 Å². The number of aliphatic hydroxyl groups is 1. The van der Waals surface area contributed by atoms with Gasteiger partial charge in [0.25, 0.3) is 18.5 Å². The number of anilines is 4. The second-order valence-electron chi connectivity index (χ2n) is 35.7. The van der Waals surface area contributed by atoms with E-state index in [2.05, 4.69) is 34.7 Å². The van der Waals surface area contributed by atoms with E-state index in [0.29, 0.717) is 78.7 Å². The number of hydrogen-bond donors (Lipinski definition) is 4. The SMILES string of the molecule is CC(C)(C)O.CC(C)(C)[O-].N#CCNc1ccc(Oc2ccccc2)cc1.Nc1ncnc2c3c(n(-c4ccc(Oc5ccccc5)cc4)c12)CN(C(=O)OCc1ccccc1)C3.[C-]#[N+]C1CN(C(=O)OCc2ccccc2)CC1=O.[C-]#[N+]CN(C1=C([N+]#[C-])CN(C(=O)OCc2ccccc2)C1)c1ccc(Oc2ccccc2)cc1.[C-]#[N+]c1c(N)c2c(n1-c1ccc(Oc3ccccc3)cc1)CN(C(=O)OCc1ccccc1)C2.[Na+]. The van der Waals surface area contributed by atoms with Gasteiger partial charge in [-0.2, -0.15) is 5.26 Å². The van der Waals surface area contributed by atoms with E-state index in [0.717, 1.165) is 107 Å². The molecule has 12 aromatic carbocycles. The van der Waals surface area contributed by atoms with Crippen molar-refractivity contribution < 1.29 is 102 Å². The summed E-state index contributed by atoms with van der Waals surface area (Å²) in [7, 11) is 0. The van der Waals surface area contributed by atoms with Crippen LogP contribution in [0.25, 0.3) is 41.8 Å². The van der Waals surface area contributed by atoms with Gasteiger partial charge in [-0.15, -0.1) is 5.60 Å². The van der Waals surface area contributed by atoms with Crippen LogP contribution in [0.5, 0.6) is 46.0 Å². The van der Waals surface area contributed by atoms with Crippen LogP contribution in [0.2, 0.25) is 0 Å². The summed E-state index contributed by atoms with van der Waals surface area (Å²) in [6.45, 7) is 42.6. The Morgan fingerprint density at radius 3 is 1.15 bits per heavy atom. The van der Waals surface area contributed by atoms with Crippen LogP contribution in [0.3, 0.4) is 0 Å². The summed E-state index contributed by atoms with van der Waals surface area (Å²) in [6.07, 6.45) is -0.367. The van der Waals surface area contributed by atoms with Crippen molar-refractivity contribution in [3.8, 4) is 63.4 Å². The van der Waals surface area contributed by atoms with Gasteiger partial charge in [-0.1, -0.05) is 221 Å². The van der Waals surface area contributed by atoms with Crippen LogP contribution in [0.1, 0.15) is 86.3 Å². The molecule has 19 rings (SSSR count). The molecule has 1 unspecified atom stereocenters. The van der Waals surface area contributed by atoms with E-state index in [1.165, 1.54) is 16.1 Å². The molecule has 4 amide bonds. The van der Waals surface area contributed by atoms with Gasteiger partial charge in [-0.3, -0.25) is 33.8 Å². The fourth-order valence-corrected chi connectivity index (χ4v) is 15.3. The average molecular weight is 2020 g/mol. The normalized spacial score (nSPS) is 12.7. The first-order chi connectivity index (χ1) is 72.1. The molecule has 3 aromatic heterocycles. The number of Topliss-reactive ketones (excluding diaryl/α,β-unsaturated/α-hetero) is 1. The van der Waals surface area contributed by atoms with Crippen LogP contribution in [0, 0.1) is 37.6 Å². The zero-order valence-electron chi connectivity index (χ0n) is 84.0. The molecule has 1 atom stereocenters. The second-order valence-corrected chi connectivity index (χ2v) is 35.7. The van der Waals surface area contributed by atoms with Crippen molar-refractivity contribution in [2.24, 2.45) is 0 Å². The summed E-state index contributed by atoms with van der Waals surface area (Å²) in [4.78, 5) is 91.7. The Labute approximate surface area is 893 Å². The van der Waals surface area contributed by atoms with Gasteiger partial charge in [0.2, 0.25) is 11.5 Å². The maximum atomic E-state index is 12.9. The standard InChI is InChI=1S/C28H23N5O3.2C27H22N4O3.C14H12N2O.C13H12N2O3.C4H10O.C4H9O.Na/c29-27-26-25(30-18-31-27)23-15-32(28(34)35-17-19-7-3-1-4-8-19)16-24(23)33(26)20-11-13-22(14-12-20)36-21-9-5-2-6-10-21;1-29-26-25(28)23-16-30(27(32)33-18-19-8-4-2-5-9-19)17-24(23)31(26)20-12-14-22(15-13-20)34-21-10-6-3-7-11-21;1-28-20-31(22-13-15-24(16-14-22)34-23-11-7-4-8-12-23)26-18-30(17-25(26)29-2)27(32)33-19-21-9-5-3-6-10-21;15-10-11-16-12-6-8-14(9-7-12)17-13-4-2-1-3-5-13;1-14-11-7-15(8-12(11)16)13(17)18-9-10-5-3-2-4-6-10;2*1-4(2,3)5;/h1-14,18H,15-17H2,(H2,29,30,31);2-15H,16-18,28H2;3-16H,17-20H2;1-9,16H,11H2;2-6,11H,7-9H2;5H,1-3H3;1-3H3;/q;;;;;;-1;+1. The van der Waals surface area contributed by atoms with Gasteiger partial charge < -0.3 is 84.0 Å². The minimum Gasteiger partial charge on any atom is -0.850 e. The van der Waals surface area contributed by atoms with Crippen LogP contribution in [0.15, 0.2) is 357 Å². The van der Waals surface area contributed by atoms with Gasteiger partial charge in [0.15, 0.2) is 5.82 Å². The number of nitrogens with two attached hydrogens (primary N) is 2. The van der Waals surface area contributed by atoms with Crippen LogP contribution in [-0.2, 0) is 76.3 Å². The van der Waals surface area contributed by atoms with E-state index >= 15 is 0 Å².